The lowest BCUT2D eigenvalue weighted by molar-refractivity contribution is 0.0945. The van der Waals surface area contributed by atoms with E-state index in [2.05, 4.69) is 27.4 Å². The van der Waals surface area contributed by atoms with Crippen LogP contribution in [0, 0.1) is 0 Å². The van der Waals surface area contributed by atoms with Gasteiger partial charge in [0.25, 0.3) is 11.5 Å². The van der Waals surface area contributed by atoms with Gasteiger partial charge in [-0.05, 0) is 42.2 Å². The average Bonchev–Trinajstić information content (AvgIpc) is 3.25. The average molecular weight is 453 g/mol. The number of amides is 1. The maximum atomic E-state index is 12.6. The quantitative estimate of drug-likeness (QED) is 0.394. The molecule has 1 aromatic carbocycles. The van der Waals surface area contributed by atoms with Gasteiger partial charge in [-0.2, -0.15) is 0 Å². The molecule has 0 saturated heterocycles. The zero-order valence-electron chi connectivity index (χ0n) is 18.5. The van der Waals surface area contributed by atoms with Gasteiger partial charge in [-0.15, -0.1) is 0 Å². The van der Waals surface area contributed by atoms with Crippen molar-refractivity contribution in [3.63, 3.8) is 0 Å². The highest BCUT2D eigenvalue weighted by molar-refractivity contribution is 5.92. The summed E-state index contributed by atoms with van der Waals surface area (Å²) in [5, 5.41) is 2.80. The molecular formula is C26H24N6O2. The molecule has 8 nitrogen and oxygen atoms in total. The molecule has 8 heteroatoms. The van der Waals surface area contributed by atoms with E-state index in [9.17, 15) is 9.59 Å². The number of benzene rings is 1. The Kier molecular flexibility index (Phi) is 5.88. The number of nitrogens with zero attached hydrogens (tertiary/aromatic N) is 4. The maximum Gasteiger partial charge on any atom is 0.270 e. The Morgan fingerprint density at radius 3 is 2.56 bits per heavy atom. The molecule has 0 aliphatic carbocycles. The number of hydrogen-bond donors (Lipinski definition) is 2. The van der Waals surface area contributed by atoms with Crippen LogP contribution in [0.2, 0.25) is 0 Å². The van der Waals surface area contributed by atoms with Gasteiger partial charge in [0.15, 0.2) is 0 Å². The van der Waals surface area contributed by atoms with Crippen molar-refractivity contribution < 1.29 is 4.79 Å². The van der Waals surface area contributed by atoms with Gasteiger partial charge in [0, 0.05) is 30.7 Å². The Hall–Kier alpha value is -4.30. The first-order valence-corrected chi connectivity index (χ1v) is 11.1. The van der Waals surface area contributed by atoms with E-state index in [0.717, 1.165) is 24.1 Å². The third-order valence-corrected chi connectivity index (χ3v) is 5.63. The van der Waals surface area contributed by atoms with Gasteiger partial charge >= 0.3 is 0 Å². The second kappa shape index (κ2) is 9.29. The molecular weight excluding hydrogens is 428 g/mol. The third-order valence-electron chi connectivity index (χ3n) is 5.63. The molecule has 0 fully saturated rings. The lowest BCUT2D eigenvalue weighted by Crippen LogP contribution is -2.27. The predicted molar refractivity (Wildman–Crippen MR) is 130 cm³/mol. The number of nitrogens with one attached hydrogen (secondary N) is 1. The summed E-state index contributed by atoms with van der Waals surface area (Å²) in [6.07, 6.45) is 7.07. The SMILES string of the molecule is NC(Cc1ccccc1)Cc1ccc2nc(CNC(=O)c3cc(=O)n4ccccc4n3)cn2c1. The van der Waals surface area contributed by atoms with Crippen LogP contribution in [0.5, 0.6) is 0 Å². The topological polar surface area (TPSA) is 107 Å². The van der Waals surface area contributed by atoms with Crippen molar-refractivity contribution in [2.75, 3.05) is 0 Å². The molecule has 1 amide bonds. The number of carbonyl (C=O) groups is 1. The molecule has 0 bridgehead atoms. The van der Waals surface area contributed by atoms with Crippen molar-refractivity contribution in [3.05, 3.63) is 118 Å². The van der Waals surface area contributed by atoms with E-state index in [1.165, 1.54) is 16.0 Å². The Morgan fingerprint density at radius 1 is 0.912 bits per heavy atom. The summed E-state index contributed by atoms with van der Waals surface area (Å²) in [4.78, 5) is 33.6. The molecule has 0 aliphatic heterocycles. The summed E-state index contributed by atoms with van der Waals surface area (Å²) in [5.74, 6) is -0.423. The number of aromatic nitrogens is 4. The standard InChI is InChI=1S/C26H24N6O2/c27-20(12-18-6-2-1-3-7-18)13-19-9-10-23-29-21(17-31(23)16-19)15-28-26(34)22-14-25(33)32-11-5-4-8-24(32)30-22/h1-11,14,16-17,20H,12-13,15,27H2,(H,28,34). The molecule has 4 aromatic heterocycles. The second-order valence-corrected chi connectivity index (χ2v) is 8.28. The summed E-state index contributed by atoms with van der Waals surface area (Å²) in [5.41, 5.74) is 10.4. The summed E-state index contributed by atoms with van der Waals surface area (Å²) in [7, 11) is 0. The number of carbonyl (C=O) groups excluding carboxylic acids is 1. The highest BCUT2D eigenvalue weighted by Gasteiger charge is 2.12. The van der Waals surface area contributed by atoms with Gasteiger partial charge in [-0.3, -0.25) is 14.0 Å². The zero-order chi connectivity index (χ0) is 23.5. The molecule has 4 heterocycles. The molecule has 0 aliphatic rings. The maximum absolute atomic E-state index is 12.6. The number of pyridine rings is 2. The van der Waals surface area contributed by atoms with Crippen LogP contribution in [-0.2, 0) is 19.4 Å². The fourth-order valence-electron chi connectivity index (χ4n) is 4.02. The minimum absolute atomic E-state index is 0.0145. The van der Waals surface area contributed by atoms with Crippen LogP contribution in [-0.4, -0.2) is 30.7 Å². The summed E-state index contributed by atoms with van der Waals surface area (Å²) in [6, 6.07) is 20.6. The Balaban J connectivity index is 1.25. The lowest BCUT2D eigenvalue weighted by Gasteiger charge is -2.12. The van der Waals surface area contributed by atoms with Crippen molar-refractivity contribution in [1.82, 2.24) is 24.1 Å². The summed E-state index contributed by atoms with van der Waals surface area (Å²) < 4.78 is 3.33. The van der Waals surface area contributed by atoms with Crippen LogP contribution < -0.4 is 16.6 Å². The van der Waals surface area contributed by atoms with Crippen molar-refractivity contribution >= 4 is 17.2 Å². The van der Waals surface area contributed by atoms with Gasteiger partial charge in [-0.1, -0.05) is 42.5 Å². The first kappa shape index (κ1) is 21.5. The van der Waals surface area contributed by atoms with Crippen molar-refractivity contribution in [2.45, 2.75) is 25.4 Å². The van der Waals surface area contributed by atoms with Crippen molar-refractivity contribution in [1.29, 1.82) is 0 Å². The van der Waals surface area contributed by atoms with E-state index >= 15 is 0 Å². The lowest BCUT2D eigenvalue weighted by atomic mass is 10.0. The number of hydrogen-bond acceptors (Lipinski definition) is 5. The number of rotatable bonds is 7. The van der Waals surface area contributed by atoms with E-state index in [1.54, 1.807) is 24.4 Å². The normalized spacial score (nSPS) is 12.1. The third kappa shape index (κ3) is 4.72. The van der Waals surface area contributed by atoms with E-state index in [0.29, 0.717) is 11.3 Å². The molecule has 5 rings (SSSR count). The van der Waals surface area contributed by atoms with Gasteiger partial charge in [0.05, 0.1) is 12.2 Å². The fraction of sp³-hybridized carbons (Fsp3) is 0.154. The predicted octanol–water partition coefficient (Wildman–Crippen LogP) is 2.38. The molecule has 3 N–H and O–H groups in total. The fourth-order valence-corrected chi connectivity index (χ4v) is 4.02. The van der Waals surface area contributed by atoms with Gasteiger partial charge < -0.3 is 15.5 Å². The van der Waals surface area contributed by atoms with Crippen molar-refractivity contribution in [2.24, 2.45) is 5.73 Å². The number of fused-ring (bicyclic) bond motifs is 2. The Bertz CT molecular complexity index is 1520. The van der Waals surface area contributed by atoms with E-state index < -0.39 is 5.91 Å². The Labute approximate surface area is 195 Å². The van der Waals surface area contributed by atoms with Crippen LogP contribution in [0.1, 0.15) is 27.3 Å². The van der Waals surface area contributed by atoms with Gasteiger partial charge in [0.1, 0.15) is 17.0 Å². The molecule has 1 atom stereocenters. The number of imidazole rings is 1. The largest absolute Gasteiger partial charge is 0.345 e. The number of nitrogens with two attached hydrogens (primary N) is 1. The Morgan fingerprint density at radius 2 is 1.71 bits per heavy atom. The molecule has 0 radical (unpaired) electrons. The highest BCUT2D eigenvalue weighted by atomic mass is 16.2. The molecule has 0 saturated carbocycles. The van der Waals surface area contributed by atoms with E-state index in [1.807, 2.05) is 47.1 Å². The van der Waals surface area contributed by atoms with Crippen LogP contribution in [0.3, 0.4) is 0 Å². The van der Waals surface area contributed by atoms with E-state index in [-0.39, 0.29) is 23.8 Å². The van der Waals surface area contributed by atoms with Crippen LogP contribution in [0.4, 0.5) is 0 Å². The van der Waals surface area contributed by atoms with Crippen molar-refractivity contribution in [3.8, 4) is 0 Å². The van der Waals surface area contributed by atoms with Gasteiger partial charge in [0.2, 0.25) is 0 Å². The first-order valence-electron chi connectivity index (χ1n) is 11.1. The zero-order valence-corrected chi connectivity index (χ0v) is 18.5. The van der Waals surface area contributed by atoms with Gasteiger partial charge in [-0.25, -0.2) is 9.97 Å². The first-order chi connectivity index (χ1) is 16.5. The van der Waals surface area contributed by atoms with Crippen LogP contribution in [0.25, 0.3) is 11.3 Å². The second-order valence-electron chi connectivity index (χ2n) is 8.28. The van der Waals surface area contributed by atoms with Crippen LogP contribution in [0.15, 0.2) is 90.1 Å². The molecule has 0 spiro atoms. The minimum atomic E-state index is -0.423. The summed E-state index contributed by atoms with van der Waals surface area (Å²) >= 11 is 0. The molecule has 170 valence electrons. The minimum Gasteiger partial charge on any atom is -0.345 e. The van der Waals surface area contributed by atoms with Crippen LogP contribution >= 0.6 is 0 Å². The molecule has 34 heavy (non-hydrogen) atoms. The summed E-state index contributed by atoms with van der Waals surface area (Å²) in [6.45, 7) is 0.221. The molecule has 5 aromatic rings. The van der Waals surface area contributed by atoms with E-state index in [4.69, 9.17) is 5.73 Å². The smallest absolute Gasteiger partial charge is 0.270 e. The highest BCUT2D eigenvalue weighted by Crippen LogP contribution is 2.12. The monoisotopic (exact) mass is 452 g/mol. The molecule has 1 unspecified atom stereocenters.